The van der Waals surface area contributed by atoms with Gasteiger partial charge in [-0.15, -0.1) is 24.8 Å². The first kappa shape index (κ1) is 18.0. The average Bonchev–Trinajstić information content (AvgIpc) is 2.39. The molecule has 0 bridgehead atoms. The van der Waals surface area contributed by atoms with Crippen LogP contribution in [0.25, 0.3) is 0 Å². The maximum Gasteiger partial charge on any atom is 0.269 e. The SMILES string of the molecule is CNC(=O)c1cc(OC2CCCNC2)ccn1.Cl.Cl. The highest BCUT2D eigenvalue weighted by atomic mass is 35.5. The van der Waals surface area contributed by atoms with Crippen molar-refractivity contribution < 1.29 is 9.53 Å². The zero-order valence-corrected chi connectivity index (χ0v) is 12.4. The van der Waals surface area contributed by atoms with E-state index in [4.69, 9.17) is 4.74 Å². The van der Waals surface area contributed by atoms with E-state index in [0.29, 0.717) is 11.4 Å². The Bertz CT molecular complexity index is 398. The molecule has 0 aromatic carbocycles. The van der Waals surface area contributed by atoms with Gasteiger partial charge in [-0.2, -0.15) is 0 Å². The van der Waals surface area contributed by atoms with Gasteiger partial charge < -0.3 is 15.4 Å². The third-order valence-corrected chi connectivity index (χ3v) is 2.75. The van der Waals surface area contributed by atoms with E-state index in [2.05, 4.69) is 15.6 Å². The number of amides is 1. The van der Waals surface area contributed by atoms with Gasteiger partial charge in [0, 0.05) is 25.9 Å². The van der Waals surface area contributed by atoms with Crippen LogP contribution in [-0.2, 0) is 0 Å². The highest BCUT2D eigenvalue weighted by molar-refractivity contribution is 5.92. The van der Waals surface area contributed by atoms with Gasteiger partial charge in [-0.25, -0.2) is 0 Å². The maximum absolute atomic E-state index is 11.4. The van der Waals surface area contributed by atoms with Gasteiger partial charge in [0.2, 0.25) is 0 Å². The lowest BCUT2D eigenvalue weighted by atomic mass is 10.1. The van der Waals surface area contributed by atoms with Crippen LogP contribution in [0.2, 0.25) is 0 Å². The molecule has 19 heavy (non-hydrogen) atoms. The van der Waals surface area contributed by atoms with E-state index in [1.165, 1.54) is 0 Å². The molecule has 0 spiro atoms. The van der Waals surface area contributed by atoms with Crippen LogP contribution in [0.5, 0.6) is 5.75 Å². The minimum absolute atomic E-state index is 0. The molecule has 1 aliphatic heterocycles. The second kappa shape index (κ2) is 8.96. The van der Waals surface area contributed by atoms with Crippen molar-refractivity contribution in [3.05, 3.63) is 24.0 Å². The Morgan fingerprint density at radius 1 is 1.53 bits per heavy atom. The van der Waals surface area contributed by atoms with Crippen LogP contribution in [0.4, 0.5) is 0 Å². The smallest absolute Gasteiger partial charge is 0.269 e. The van der Waals surface area contributed by atoms with Crippen molar-refractivity contribution in [1.29, 1.82) is 0 Å². The van der Waals surface area contributed by atoms with Crippen LogP contribution in [0.15, 0.2) is 18.3 Å². The van der Waals surface area contributed by atoms with Gasteiger partial charge in [0.1, 0.15) is 17.5 Å². The number of rotatable bonds is 3. The summed E-state index contributed by atoms with van der Waals surface area (Å²) in [6.07, 6.45) is 3.95. The molecule has 2 heterocycles. The number of ether oxygens (including phenoxy) is 1. The summed E-state index contributed by atoms with van der Waals surface area (Å²) < 4.78 is 5.81. The number of pyridine rings is 1. The van der Waals surface area contributed by atoms with Crippen LogP contribution in [-0.4, -0.2) is 37.1 Å². The van der Waals surface area contributed by atoms with Crippen LogP contribution in [0.3, 0.4) is 0 Å². The quantitative estimate of drug-likeness (QED) is 0.886. The van der Waals surface area contributed by atoms with Gasteiger partial charge in [0.25, 0.3) is 5.91 Å². The highest BCUT2D eigenvalue weighted by Crippen LogP contribution is 2.16. The maximum atomic E-state index is 11.4. The normalized spacial score (nSPS) is 17.6. The fourth-order valence-electron chi connectivity index (χ4n) is 1.85. The van der Waals surface area contributed by atoms with Gasteiger partial charge in [0.15, 0.2) is 0 Å². The minimum Gasteiger partial charge on any atom is -0.489 e. The monoisotopic (exact) mass is 307 g/mol. The number of piperidine rings is 1. The third-order valence-electron chi connectivity index (χ3n) is 2.75. The number of halogens is 2. The van der Waals surface area contributed by atoms with Crippen LogP contribution < -0.4 is 15.4 Å². The van der Waals surface area contributed by atoms with Gasteiger partial charge in [0.05, 0.1) is 0 Å². The lowest BCUT2D eigenvalue weighted by molar-refractivity contribution is 0.0957. The Morgan fingerprint density at radius 2 is 2.32 bits per heavy atom. The predicted molar refractivity (Wildman–Crippen MR) is 78.6 cm³/mol. The van der Waals surface area contributed by atoms with Crippen molar-refractivity contribution >= 4 is 30.7 Å². The van der Waals surface area contributed by atoms with Gasteiger partial charge in [-0.3, -0.25) is 9.78 Å². The molecule has 1 fully saturated rings. The lowest BCUT2D eigenvalue weighted by Gasteiger charge is -2.23. The minimum atomic E-state index is -0.197. The predicted octanol–water partition coefficient (Wildman–Crippen LogP) is 1.42. The second-order valence-corrected chi connectivity index (χ2v) is 4.04. The molecule has 108 valence electrons. The molecular formula is C12H19Cl2N3O2. The summed E-state index contributed by atoms with van der Waals surface area (Å²) in [5.74, 6) is 0.504. The first-order valence-electron chi connectivity index (χ1n) is 5.85. The number of nitrogens with zero attached hydrogens (tertiary/aromatic N) is 1. The van der Waals surface area contributed by atoms with Crippen molar-refractivity contribution in [2.45, 2.75) is 18.9 Å². The molecule has 1 aromatic rings. The Kier molecular flexibility index (Phi) is 8.47. The summed E-state index contributed by atoms with van der Waals surface area (Å²) >= 11 is 0. The molecule has 1 atom stereocenters. The summed E-state index contributed by atoms with van der Waals surface area (Å²) in [5.41, 5.74) is 0.383. The van der Waals surface area contributed by atoms with Crippen molar-refractivity contribution in [3.8, 4) is 5.75 Å². The Balaban J connectivity index is 0.00000162. The molecule has 0 aliphatic carbocycles. The molecule has 2 rings (SSSR count). The molecule has 1 amide bonds. The van der Waals surface area contributed by atoms with Gasteiger partial charge >= 0.3 is 0 Å². The molecule has 1 aliphatic rings. The zero-order chi connectivity index (χ0) is 12.1. The van der Waals surface area contributed by atoms with Crippen molar-refractivity contribution in [1.82, 2.24) is 15.6 Å². The number of carbonyl (C=O) groups excluding carboxylic acids is 1. The van der Waals surface area contributed by atoms with Crippen molar-refractivity contribution in [2.24, 2.45) is 0 Å². The number of hydrogen-bond donors (Lipinski definition) is 2. The molecule has 0 radical (unpaired) electrons. The first-order valence-corrected chi connectivity index (χ1v) is 5.85. The van der Waals surface area contributed by atoms with Crippen molar-refractivity contribution in [2.75, 3.05) is 20.1 Å². The largest absolute Gasteiger partial charge is 0.489 e. The summed E-state index contributed by atoms with van der Waals surface area (Å²) in [6.45, 7) is 1.91. The summed E-state index contributed by atoms with van der Waals surface area (Å²) in [5, 5.41) is 5.83. The molecule has 5 nitrogen and oxygen atoms in total. The van der Waals surface area contributed by atoms with E-state index in [9.17, 15) is 4.79 Å². The molecular weight excluding hydrogens is 289 g/mol. The average molecular weight is 308 g/mol. The number of carbonyl (C=O) groups is 1. The standard InChI is InChI=1S/C12H17N3O2.2ClH/c1-13-12(16)11-7-9(4-6-15-11)17-10-3-2-5-14-8-10;;/h4,6-7,10,14H,2-3,5,8H2,1H3,(H,13,16);2*1H. The van der Waals surface area contributed by atoms with E-state index >= 15 is 0 Å². The second-order valence-electron chi connectivity index (χ2n) is 4.04. The van der Waals surface area contributed by atoms with E-state index in [0.717, 1.165) is 25.9 Å². The number of nitrogens with one attached hydrogen (secondary N) is 2. The molecule has 1 aromatic heterocycles. The molecule has 1 saturated heterocycles. The first-order chi connectivity index (χ1) is 8.29. The van der Waals surface area contributed by atoms with E-state index in [1.807, 2.05) is 0 Å². The molecule has 7 heteroatoms. The molecule has 0 saturated carbocycles. The molecule has 2 N–H and O–H groups in total. The lowest BCUT2D eigenvalue weighted by Crippen LogP contribution is -2.37. The van der Waals surface area contributed by atoms with Crippen molar-refractivity contribution in [3.63, 3.8) is 0 Å². The Hall–Kier alpha value is -1.04. The van der Waals surface area contributed by atoms with Gasteiger partial charge in [-0.05, 0) is 25.5 Å². The van der Waals surface area contributed by atoms with Crippen LogP contribution in [0, 0.1) is 0 Å². The third kappa shape index (κ3) is 5.22. The summed E-state index contributed by atoms with van der Waals surface area (Å²) in [7, 11) is 1.59. The summed E-state index contributed by atoms with van der Waals surface area (Å²) in [6, 6.07) is 3.45. The number of hydrogen-bond acceptors (Lipinski definition) is 4. The summed E-state index contributed by atoms with van der Waals surface area (Å²) in [4.78, 5) is 15.4. The topological polar surface area (TPSA) is 63.2 Å². The Morgan fingerprint density at radius 3 is 2.95 bits per heavy atom. The highest BCUT2D eigenvalue weighted by Gasteiger charge is 2.15. The van der Waals surface area contributed by atoms with Gasteiger partial charge in [-0.1, -0.05) is 0 Å². The zero-order valence-electron chi connectivity index (χ0n) is 10.7. The fourth-order valence-corrected chi connectivity index (χ4v) is 1.85. The fraction of sp³-hybridized carbons (Fsp3) is 0.500. The van der Waals surface area contributed by atoms with Crippen LogP contribution >= 0.6 is 24.8 Å². The molecule has 1 unspecified atom stereocenters. The van der Waals surface area contributed by atoms with E-state index in [-0.39, 0.29) is 36.8 Å². The van der Waals surface area contributed by atoms with E-state index in [1.54, 1.807) is 25.4 Å². The van der Waals surface area contributed by atoms with Crippen LogP contribution in [0.1, 0.15) is 23.3 Å². The number of aromatic nitrogens is 1. The Labute approximate surface area is 125 Å². The van der Waals surface area contributed by atoms with E-state index < -0.39 is 0 Å².